The second-order valence-corrected chi connectivity index (χ2v) is 10.2. The Balaban J connectivity index is 1.64. The highest BCUT2D eigenvalue weighted by Crippen LogP contribution is 2.43. The van der Waals surface area contributed by atoms with Gasteiger partial charge in [-0.25, -0.2) is 0 Å². The maximum absolute atomic E-state index is 12.3. The summed E-state index contributed by atoms with van der Waals surface area (Å²) in [5.41, 5.74) is 6.42. The van der Waals surface area contributed by atoms with Crippen molar-refractivity contribution in [2.45, 2.75) is 65.0 Å². The van der Waals surface area contributed by atoms with Gasteiger partial charge in [-0.2, -0.15) is 10.4 Å². The van der Waals surface area contributed by atoms with Crippen LogP contribution in [0.25, 0.3) is 0 Å². The summed E-state index contributed by atoms with van der Waals surface area (Å²) in [5.74, 6) is 1.36. The number of anilines is 3. The number of hydrogen-bond donors (Lipinski definition) is 0. The Morgan fingerprint density at radius 3 is 2.69 bits per heavy atom. The van der Waals surface area contributed by atoms with Gasteiger partial charge < -0.3 is 19.4 Å². The van der Waals surface area contributed by atoms with E-state index in [2.05, 4.69) is 53.6 Å². The molecule has 0 saturated carbocycles. The number of carbonyl (C=O) groups is 1. The van der Waals surface area contributed by atoms with Crippen molar-refractivity contribution in [3.63, 3.8) is 0 Å². The molecule has 4 heterocycles. The third-order valence-electron chi connectivity index (χ3n) is 8.07. The molecule has 35 heavy (non-hydrogen) atoms. The molecule has 0 N–H and O–H groups in total. The van der Waals surface area contributed by atoms with Crippen molar-refractivity contribution in [2.75, 3.05) is 49.7 Å². The van der Waals surface area contributed by atoms with E-state index in [4.69, 9.17) is 9.84 Å². The molecule has 0 bridgehead atoms. The lowest BCUT2D eigenvalue weighted by atomic mass is 9.92. The Bertz CT molecular complexity index is 1160. The zero-order chi connectivity index (χ0) is 24.7. The van der Waals surface area contributed by atoms with Crippen LogP contribution in [0.15, 0.2) is 12.1 Å². The van der Waals surface area contributed by atoms with Gasteiger partial charge in [-0.1, -0.05) is 13.8 Å². The lowest BCUT2D eigenvalue weighted by Gasteiger charge is -2.38. The molecule has 0 aliphatic carbocycles. The average Bonchev–Trinajstić information content (AvgIpc) is 3.27. The Hall–Kier alpha value is -3.05. The van der Waals surface area contributed by atoms with E-state index in [-0.39, 0.29) is 5.91 Å². The molecule has 1 amide bonds. The van der Waals surface area contributed by atoms with Crippen LogP contribution in [0, 0.1) is 11.3 Å². The van der Waals surface area contributed by atoms with Crippen LogP contribution in [-0.4, -0.2) is 60.5 Å². The fourth-order valence-electron chi connectivity index (χ4n) is 5.70. The molecule has 3 aliphatic rings. The summed E-state index contributed by atoms with van der Waals surface area (Å²) < 4.78 is 7.86. The highest BCUT2D eigenvalue weighted by Gasteiger charge is 2.34. The van der Waals surface area contributed by atoms with Crippen LogP contribution >= 0.6 is 0 Å². The zero-order valence-electron chi connectivity index (χ0n) is 21.4. The Kier molecular flexibility index (Phi) is 6.45. The van der Waals surface area contributed by atoms with E-state index < -0.39 is 0 Å². The van der Waals surface area contributed by atoms with Crippen LogP contribution in [0.5, 0.6) is 0 Å². The SMILES string of the molecule is CCC(C)c1cc2c(cc1C#N)N(c1nn(C3CCOCC3)c3c1CN(C(C)=O)CC3)CCN2C. The fourth-order valence-corrected chi connectivity index (χ4v) is 5.70. The topological polar surface area (TPSA) is 77.6 Å². The predicted octanol–water partition coefficient (Wildman–Crippen LogP) is 4.11. The molecule has 0 radical (unpaired) electrons. The first-order valence-electron chi connectivity index (χ1n) is 12.9. The highest BCUT2D eigenvalue weighted by atomic mass is 16.5. The van der Waals surface area contributed by atoms with Gasteiger partial charge in [0.15, 0.2) is 5.82 Å². The van der Waals surface area contributed by atoms with Crippen LogP contribution in [0.2, 0.25) is 0 Å². The average molecular weight is 477 g/mol. The number of benzene rings is 1. The summed E-state index contributed by atoms with van der Waals surface area (Å²) in [5, 5.41) is 15.2. The zero-order valence-corrected chi connectivity index (χ0v) is 21.4. The van der Waals surface area contributed by atoms with Crippen LogP contribution in [0.4, 0.5) is 17.2 Å². The van der Waals surface area contributed by atoms with Gasteiger partial charge in [0.2, 0.25) is 5.91 Å². The highest BCUT2D eigenvalue weighted by molar-refractivity contribution is 5.82. The van der Waals surface area contributed by atoms with Gasteiger partial charge in [-0.15, -0.1) is 0 Å². The fraction of sp³-hybridized carbons (Fsp3) is 0.593. The number of hydrogen-bond acceptors (Lipinski definition) is 6. The van der Waals surface area contributed by atoms with Crippen LogP contribution in [-0.2, 0) is 22.5 Å². The first-order chi connectivity index (χ1) is 16.9. The summed E-state index contributed by atoms with van der Waals surface area (Å²) in [4.78, 5) is 18.8. The second kappa shape index (κ2) is 9.54. The molecule has 8 nitrogen and oxygen atoms in total. The molecular formula is C27H36N6O2. The molecule has 1 unspecified atom stereocenters. The third-order valence-corrected chi connectivity index (χ3v) is 8.07. The number of fused-ring (bicyclic) bond motifs is 2. The van der Waals surface area contributed by atoms with Gasteiger partial charge in [0, 0.05) is 64.5 Å². The molecule has 5 rings (SSSR count). The van der Waals surface area contributed by atoms with E-state index in [0.29, 0.717) is 18.5 Å². The summed E-state index contributed by atoms with van der Waals surface area (Å²) >= 11 is 0. The normalized spacial score (nSPS) is 19.2. The number of rotatable bonds is 4. The van der Waals surface area contributed by atoms with Gasteiger partial charge in [0.25, 0.3) is 0 Å². The number of carbonyl (C=O) groups excluding carboxylic acids is 1. The van der Waals surface area contributed by atoms with Crippen molar-refractivity contribution in [1.29, 1.82) is 5.26 Å². The van der Waals surface area contributed by atoms with Crippen molar-refractivity contribution >= 4 is 23.1 Å². The summed E-state index contributed by atoms with van der Waals surface area (Å²) in [6.45, 7) is 10.5. The molecule has 1 atom stereocenters. The Labute approximate surface area is 208 Å². The van der Waals surface area contributed by atoms with Crippen molar-refractivity contribution in [2.24, 2.45) is 0 Å². The smallest absolute Gasteiger partial charge is 0.219 e. The van der Waals surface area contributed by atoms with Gasteiger partial charge in [-0.05, 0) is 42.9 Å². The van der Waals surface area contributed by atoms with E-state index >= 15 is 0 Å². The number of ether oxygens (including phenoxy) is 1. The Morgan fingerprint density at radius 1 is 1.23 bits per heavy atom. The van der Waals surface area contributed by atoms with E-state index in [1.165, 1.54) is 5.69 Å². The maximum atomic E-state index is 12.3. The first kappa shape index (κ1) is 23.7. The van der Waals surface area contributed by atoms with E-state index in [0.717, 1.165) is 92.4 Å². The largest absolute Gasteiger partial charge is 0.381 e. The molecule has 1 fully saturated rings. The summed E-state index contributed by atoms with van der Waals surface area (Å²) in [6.07, 6.45) is 3.72. The standard InChI is InChI=1S/C27H36N6O2/c1-5-18(2)22-15-25-26(14-20(22)16-28)32(11-10-30(25)4)27-23-17-31(19(3)34)9-6-24(23)33(29-27)21-7-12-35-13-8-21/h14-15,18,21H,5-13,17H2,1-4H3. The molecule has 8 heteroatoms. The summed E-state index contributed by atoms with van der Waals surface area (Å²) in [6, 6.07) is 7.03. The predicted molar refractivity (Wildman–Crippen MR) is 136 cm³/mol. The van der Waals surface area contributed by atoms with Crippen molar-refractivity contribution in [3.8, 4) is 6.07 Å². The summed E-state index contributed by atoms with van der Waals surface area (Å²) in [7, 11) is 2.12. The van der Waals surface area contributed by atoms with Crippen LogP contribution in [0.3, 0.4) is 0 Å². The van der Waals surface area contributed by atoms with E-state index in [1.807, 2.05) is 4.90 Å². The lowest BCUT2D eigenvalue weighted by Crippen LogP contribution is -2.38. The molecule has 3 aliphatic heterocycles. The monoisotopic (exact) mass is 476 g/mol. The number of nitrogens with zero attached hydrogens (tertiary/aromatic N) is 6. The molecule has 1 saturated heterocycles. The van der Waals surface area contributed by atoms with Crippen molar-refractivity contribution in [3.05, 3.63) is 34.5 Å². The molecule has 2 aromatic rings. The molecule has 186 valence electrons. The van der Waals surface area contributed by atoms with E-state index in [9.17, 15) is 10.1 Å². The van der Waals surface area contributed by atoms with E-state index in [1.54, 1.807) is 6.92 Å². The van der Waals surface area contributed by atoms with Crippen LogP contribution in [0.1, 0.15) is 74.4 Å². The minimum absolute atomic E-state index is 0.101. The third kappa shape index (κ3) is 4.16. The first-order valence-corrected chi connectivity index (χ1v) is 12.9. The maximum Gasteiger partial charge on any atom is 0.219 e. The molecular weight excluding hydrogens is 440 g/mol. The van der Waals surface area contributed by atoms with Crippen molar-refractivity contribution in [1.82, 2.24) is 14.7 Å². The van der Waals surface area contributed by atoms with Gasteiger partial charge in [-0.3, -0.25) is 9.48 Å². The van der Waals surface area contributed by atoms with Gasteiger partial charge in [0.05, 0.1) is 35.6 Å². The quantitative estimate of drug-likeness (QED) is 0.661. The number of amides is 1. The van der Waals surface area contributed by atoms with Gasteiger partial charge in [0.1, 0.15) is 0 Å². The molecule has 0 spiro atoms. The number of aromatic nitrogens is 2. The number of likely N-dealkylation sites (N-methyl/N-ethyl adjacent to an activating group) is 1. The molecule has 1 aromatic heterocycles. The Morgan fingerprint density at radius 2 is 2.00 bits per heavy atom. The minimum atomic E-state index is 0.101. The molecule has 1 aromatic carbocycles. The number of nitriles is 1. The van der Waals surface area contributed by atoms with Crippen LogP contribution < -0.4 is 9.80 Å². The lowest BCUT2D eigenvalue weighted by molar-refractivity contribution is -0.129. The van der Waals surface area contributed by atoms with Gasteiger partial charge >= 0.3 is 0 Å². The second-order valence-electron chi connectivity index (χ2n) is 10.2. The minimum Gasteiger partial charge on any atom is -0.381 e. The van der Waals surface area contributed by atoms with Crippen molar-refractivity contribution < 1.29 is 9.53 Å².